The van der Waals surface area contributed by atoms with Crippen molar-refractivity contribution in [1.82, 2.24) is 9.62 Å². The van der Waals surface area contributed by atoms with Gasteiger partial charge in [-0.3, -0.25) is 9.59 Å². The molecule has 1 N–H and O–H groups in total. The van der Waals surface area contributed by atoms with Crippen LogP contribution in [-0.4, -0.2) is 57.3 Å². The fourth-order valence-electron chi connectivity index (χ4n) is 3.38. The number of rotatable bonds is 10. The molecule has 7 nitrogen and oxygen atoms in total. The summed E-state index contributed by atoms with van der Waals surface area (Å²) < 4.78 is 31.9. The zero-order valence-corrected chi connectivity index (χ0v) is 18.3. The van der Waals surface area contributed by atoms with Gasteiger partial charge in [0.1, 0.15) is 0 Å². The molecular formula is C23H28N2O5S. The summed E-state index contributed by atoms with van der Waals surface area (Å²) in [5.74, 6) is -0.0482. The first-order chi connectivity index (χ1) is 15.0. The summed E-state index contributed by atoms with van der Waals surface area (Å²) in [5, 5.41) is 2.85. The smallest absolute Gasteiger partial charge is 0.243 e. The highest BCUT2D eigenvalue weighted by atomic mass is 32.2. The Balaban J connectivity index is 1.38. The molecule has 2 aromatic rings. The molecule has 1 amide bonds. The number of carbonyl (C=O) groups excluding carboxylic acids is 2. The van der Waals surface area contributed by atoms with Gasteiger partial charge in [0.2, 0.25) is 15.9 Å². The maximum atomic E-state index is 12.6. The number of ether oxygens (including phenoxy) is 1. The lowest BCUT2D eigenvalue weighted by atomic mass is 10.1. The molecule has 0 bridgehead atoms. The lowest BCUT2D eigenvalue weighted by Crippen LogP contribution is -2.40. The van der Waals surface area contributed by atoms with Crippen LogP contribution in [0.3, 0.4) is 0 Å². The first kappa shape index (κ1) is 23.1. The van der Waals surface area contributed by atoms with Gasteiger partial charge in [-0.2, -0.15) is 4.31 Å². The van der Waals surface area contributed by atoms with Gasteiger partial charge in [0, 0.05) is 38.0 Å². The molecule has 166 valence electrons. The molecule has 1 aliphatic rings. The van der Waals surface area contributed by atoms with Gasteiger partial charge >= 0.3 is 0 Å². The Morgan fingerprint density at radius 1 is 0.935 bits per heavy atom. The summed E-state index contributed by atoms with van der Waals surface area (Å²) >= 11 is 0. The summed E-state index contributed by atoms with van der Waals surface area (Å²) in [7, 11) is -3.49. The molecule has 31 heavy (non-hydrogen) atoms. The molecule has 0 unspecified atom stereocenters. The third-order valence-corrected chi connectivity index (χ3v) is 7.08. The third-order valence-electron chi connectivity index (χ3n) is 5.17. The molecule has 0 saturated carbocycles. The van der Waals surface area contributed by atoms with Crippen molar-refractivity contribution >= 4 is 21.7 Å². The van der Waals surface area contributed by atoms with Crippen molar-refractivity contribution in [2.24, 2.45) is 0 Å². The average Bonchev–Trinajstić information content (AvgIpc) is 2.80. The summed E-state index contributed by atoms with van der Waals surface area (Å²) in [6.07, 6.45) is 1.76. The van der Waals surface area contributed by atoms with Crippen LogP contribution in [0.2, 0.25) is 0 Å². The van der Waals surface area contributed by atoms with Crippen LogP contribution in [0.5, 0.6) is 0 Å². The van der Waals surface area contributed by atoms with Crippen molar-refractivity contribution in [2.75, 3.05) is 32.8 Å². The number of morpholine rings is 1. The number of hydrogen-bond acceptors (Lipinski definition) is 5. The summed E-state index contributed by atoms with van der Waals surface area (Å²) in [5.41, 5.74) is 1.61. The molecule has 8 heteroatoms. The minimum atomic E-state index is -3.49. The van der Waals surface area contributed by atoms with Crippen LogP contribution < -0.4 is 5.32 Å². The number of hydrogen-bond donors (Lipinski definition) is 1. The van der Waals surface area contributed by atoms with Crippen molar-refractivity contribution < 1.29 is 22.7 Å². The number of amides is 1. The second-order valence-electron chi connectivity index (χ2n) is 7.40. The molecule has 0 atom stereocenters. The van der Waals surface area contributed by atoms with E-state index in [4.69, 9.17) is 4.74 Å². The zero-order chi connectivity index (χ0) is 22.1. The normalized spacial score (nSPS) is 14.8. The average molecular weight is 445 g/mol. The molecule has 2 aromatic carbocycles. The van der Waals surface area contributed by atoms with E-state index in [1.165, 1.54) is 4.31 Å². The predicted octanol–water partition coefficient (Wildman–Crippen LogP) is 2.42. The Kier molecular flexibility index (Phi) is 8.34. The summed E-state index contributed by atoms with van der Waals surface area (Å²) in [6, 6.07) is 15.8. The third kappa shape index (κ3) is 6.72. The van der Waals surface area contributed by atoms with Crippen molar-refractivity contribution in [3.8, 4) is 0 Å². The van der Waals surface area contributed by atoms with E-state index < -0.39 is 10.0 Å². The highest BCUT2D eigenvalue weighted by Gasteiger charge is 2.26. The molecule has 1 saturated heterocycles. The lowest BCUT2D eigenvalue weighted by Gasteiger charge is -2.26. The van der Waals surface area contributed by atoms with Crippen LogP contribution in [0, 0.1) is 0 Å². The highest BCUT2D eigenvalue weighted by Crippen LogP contribution is 2.18. The van der Waals surface area contributed by atoms with Gasteiger partial charge in [0.15, 0.2) is 5.78 Å². The van der Waals surface area contributed by atoms with Crippen LogP contribution in [0.4, 0.5) is 0 Å². The quantitative estimate of drug-likeness (QED) is 0.568. The Hall–Kier alpha value is -2.55. The number of ketones is 1. The number of nitrogens with one attached hydrogen (secondary N) is 1. The van der Waals surface area contributed by atoms with Gasteiger partial charge in [-0.25, -0.2) is 8.42 Å². The number of benzene rings is 2. The first-order valence-electron chi connectivity index (χ1n) is 10.5. The fourth-order valence-corrected chi connectivity index (χ4v) is 4.78. The molecule has 0 aromatic heterocycles. The molecule has 0 radical (unpaired) electrons. The summed E-state index contributed by atoms with van der Waals surface area (Å²) in [4.78, 5) is 24.3. The standard InChI is InChI=1S/C23H28N2O5S/c26-22(20-5-2-1-3-6-20)7-4-8-23(27)24-14-13-19-9-11-21(12-10-19)31(28,29)25-15-17-30-18-16-25/h1-3,5-6,9-12H,4,7-8,13-18H2,(H,24,27). The largest absolute Gasteiger partial charge is 0.379 e. The van der Waals surface area contributed by atoms with Crippen molar-refractivity contribution in [3.05, 3.63) is 65.7 Å². The maximum Gasteiger partial charge on any atom is 0.243 e. The van der Waals surface area contributed by atoms with Crippen molar-refractivity contribution in [2.45, 2.75) is 30.6 Å². The van der Waals surface area contributed by atoms with E-state index in [-0.39, 0.29) is 16.6 Å². The number of sulfonamides is 1. The fraction of sp³-hybridized carbons (Fsp3) is 0.391. The Bertz CT molecular complexity index is 969. The molecule has 0 spiro atoms. The van der Waals surface area contributed by atoms with E-state index in [9.17, 15) is 18.0 Å². The molecule has 1 aliphatic heterocycles. The second kappa shape index (κ2) is 11.2. The van der Waals surface area contributed by atoms with E-state index in [1.807, 2.05) is 18.2 Å². The molecule has 0 aliphatic carbocycles. The van der Waals surface area contributed by atoms with Gasteiger partial charge in [0.05, 0.1) is 18.1 Å². The van der Waals surface area contributed by atoms with E-state index in [0.717, 1.165) is 5.56 Å². The SMILES string of the molecule is O=C(CCCC(=O)c1ccccc1)NCCc1ccc(S(=O)(=O)N2CCOCC2)cc1. The molecular weight excluding hydrogens is 416 g/mol. The van der Waals surface area contributed by atoms with Crippen LogP contribution >= 0.6 is 0 Å². The van der Waals surface area contributed by atoms with E-state index >= 15 is 0 Å². The molecule has 1 heterocycles. The van der Waals surface area contributed by atoms with Crippen molar-refractivity contribution in [1.29, 1.82) is 0 Å². The monoisotopic (exact) mass is 444 g/mol. The van der Waals surface area contributed by atoms with Gasteiger partial charge in [0.25, 0.3) is 0 Å². The minimum absolute atomic E-state index is 0.0421. The summed E-state index contributed by atoms with van der Waals surface area (Å²) in [6.45, 7) is 2.02. The van der Waals surface area contributed by atoms with E-state index in [2.05, 4.69) is 5.32 Å². The topological polar surface area (TPSA) is 92.8 Å². The highest BCUT2D eigenvalue weighted by molar-refractivity contribution is 7.89. The van der Waals surface area contributed by atoms with Crippen molar-refractivity contribution in [3.63, 3.8) is 0 Å². The van der Waals surface area contributed by atoms with Crippen LogP contribution in [0.15, 0.2) is 59.5 Å². The Morgan fingerprint density at radius 3 is 2.29 bits per heavy atom. The van der Waals surface area contributed by atoms with Gasteiger partial charge in [-0.1, -0.05) is 42.5 Å². The first-order valence-corrected chi connectivity index (χ1v) is 11.9. The molecule has 1 fully saturated rings. The predicted molar refractivity (Wildman–Crippen MR) is 117 cm³/mol. The van der Waals surface area contributed by atoms with Crippen LogP contribution in [0.25, 0.3) is 0 Å². The van der Waals surface area contributed by atoms with Gasteiger partial charge in [-0.05, 0) is 30.5 Å². The maximum absolute atomic E-state index is 12.6. The number of carbonyl (C=O) groups is 2. The van der Waals surface area contributed by atoms with E-state index in [1.54, 1.807) is 36.4 Å². The van der Waals surface area contributed by atoms with E-state index in [0.29, 0.717) is 64.1 Å². The minimum Gasteiger partial charge on any atom is -0.379 e. The number of Topliss-reactive ketones (excluding diaryl/α,β-unsaturated/α-hetero) is 1. The van der Waals surface area contributed by atoms with Crippen LogP contribution in [0.1, 0.15) is 35.2 Å². The molecule has 3 rings (SSSR count). The zero-order valence-electron chi connectivity index (χ0n) is 17.5. The Morgan fingerprint density at radius 2 is 1.61 bits per heavy atom. The van der Waals surface area contributed by atoms with Gasteiger partial charge < -0.3 is 10.1 Å². The Labute approximate surface area is 183 Å². The second-order valence-corrected chi connectivity index (χ2v) is 9.34. The number of nitrogens with zero attached hydrogens (tertiary/aromatic N) is 1. The van der Waals surface area contributed by atoms with Gasteiger partial charge in [-0.15, -0.1) is 0 Å². The van der Waals surface area contributed by atoms with Crippen LogP contribution in [-0.2, 0) is 26.0 Å². The lowest BCUT2D eigenvalue weighted by molar-refractivity contribution is -0.121.